The van der Waals surface area contributed by atoms with E-state index in [-0.39, 0.29) is 16.4 Å². The second-order valence-corrected chi connectivity index (χ2v) is 5.29. The van der Waals surface area contributed by atoms with Crippen LogP contribution in [0.5, 0.6) is 0 Å². The van der Waals surface area contributed by atoms with E-state index in [9.17, 15) is 14.9 Å². The summed E-state index contributed by atoms with van der Waals surface area (Å²) in [6, 6.07) is 3.84. The molecule has 0 aliphatic carbocycles. The monoisotopic (exact) mass is 372 g/mol. The Balaban J connectivity index is 2.33. The molecule has 0 fully saturated rings. The number of carbonyl (C=O) groups excluding carboxylic acids is 1. The van der Waals surface area contributed by atoms with Crippen LogP contribution in [0.2, 0.25) is 5.02 Å². The van der Waals surface area contributed by atoms with Crippen LogP contribution in [0, 0.1) is 10.1 Å². The predicted molar refractivity (Wildman–Crippen MR) is 81.7 cm³/mol. The fourth-order valence-corrected chi connectivity index (χ4v) is 2.37. The maximum absolute atomic E-state index is 12.3. The summed E-state index contributed by atoms with van der Waals surface area (Å²) in [5, 5.41) is 17.6. The van der Waals surface area contributed by atoms with Crippen LogP contribution < -0.4 is 5.32 Å². The molecular formula is C12H10BrClN4O3. The fourth-order valence-electron chi connectivity index (χ4n) is 1.73. The van der Waals surface area contributed by atoms with E-state index in [4.69, 9.17) is 11.6 Å². The first-order valence-electron chi connectivity index (χ1n) is 5.90. The van der Waals surface area contributed by atoms with Gasteiger partial charge in [-0.1, -0.05) is 11.6 Å². The van der Waals surface area contributed by atoms with Gasteiger partial charge in [0.05, 0.1) is 26.3 Å². The summed E-state index contributed by atoms with van der Waals surface area (Å²) in [6.07, 6.45) is 1.51. The number of carbonyl (C=O) groups is 1. The molecule has 0 unspecified atom stereocenters. The molecule has 2 rings (SSSR count). The molecule has 1 N–H and O–H groups in total. The molecule has 7 nitrogen and oxygen atoms in total. The van der Waals surface area contributed by atoms with Gasteiger partial charge in [-0.15, -0.1) is 0 Å². The topological polar surface area (TPSA) is 90.1 Å². The first-order chi connectivity index (χ1) is 9.93. The Morgan fingerprint density at radius 2 is 2.29 bits per heavy atom. The number of aromatic nitrogens is 2. The zero-order valence-corrected chi connectivity index (χ0v) is 13.2. The van der Waals surface area contributed by atoms with Gasteiger partial charge in [0.2, 0.25) is 0 Å². The lowest BCUT2D eigenvalue weighted by Crippen LogP contribution is -2.18. The van der Waals surface area contributed by atoms with E-state index in [0.29, 0.717) is 16.7 Å². The lowest BCUT2D eigenvalue weighted by Gasteiger charge is -2.09. The minimum atomic E-state index is -0.557. The Morgan fingerprint density at radius 3 is 2.90 bits per heavy atom. The molecule has 0 bridgehead atoms. The highest BCUT2D eigenvalue weighted by molar-refractivity contribution is 9.10. The van der Waals surface area contributed by atoms with Crippen molar-refractivity contribution in [1.82, 2.24) is 9.78 Å². The second kappa shape index (κ2) is 6.23. The highest BCUT2D eigenvalue weighted by atomic mass is 79.9. The van der Waals surface area contributed by atoms with Gasteiger partial charge >= 0.3 is 0 Å². The molecule has 21 heavy (non-hydrogen) atoms. The summed E-state index contributed by atoms with van der Waals surface area (Å²) in [6.45, 7) is 2.35. The van der Waals surface area contributed by atoms with Crippen LogP contribution in [0.15, 0.2) is 28.9 Å². The molecule has 0 atom stereocenters. The normalized spacial score (nSPS) is 10.4. The van der Waals surface area contributed by atoms with Crippen molar-refractivity contribution in [1.29, 1.82) is 0 Å². The van der Waals surface area contributed by atoms with Crippen molar-refractivity contribution in [3.8, 4) is 0 Å². The molecule has 9 heteroatoms. The number of hydrogen-bond donors (Lipinski definition) is 1. The van der Waals surface area contributed by atoms with Crippen molar-refractivity contribution in [2.45, 2.75) is 13.5 Å². The van der Waals surface area contributed by atoms with Gasteiger partial charge in [0.15, 0.2) is 0 Å². The van der Waals surface area contributed by atoms with Crippen LogP contribution in [-0.4, -0.2) is 20.6 Å². The van der Waals surface area contributed by atoms with Gasteiger partial charge in [0.1, 0.15) is 5.69 Å². The lowest BCUT2D eigenvalue weighted by molar-refractivity contribution is -0.384. The van der Waals surface area contributed by atoms with Gasteiger partial charge in [-0.05, 0) is 28.9 Å². The number of aryl methyl sites for hydroxylation is 1. The smallest absolute Gasteiger partial charge is 0.275 e. The molecule has 0 saturated carbocycles. The second-order valence-electron chi connectivity index (χ2n) is 4.03. The molecule has 0 aliphatic rings. The van der Waals surface area contributed by atoms with E-state index in [1.165, 1.54) is 29.1 Å². The SMILES string of the molecule is CCn1ncc(Br)c1C(=O)Nc1cc([N+](=O)[O-])ccc1Cl. The van der Waals surface area contributed by atoms with Crippen LogP contribution in [0.25, 0.3) is 0 Å². The van der Waals surface area contributed by atoms with Crippen LogP contribution in [0.3, 0.4) is 0 Å². The average Bonchev–Trinajstić information content (AvgIpc) is 2.82. The molecule has 0 aliphatic heterocycles. The average molecular weight is 374 g/mol. The van der Waals surface area contributed by atoms with E-state index in [1.807, 2.05) is 6.92 Å². The Morgan fingerprint density at radius 1 is 1.57 bits per heavy atom. The third kappa shape index (κ3) is 3.22. The number of non-ortho nitro benzene ring substituents is 1. The van der Waals surface area contributed by atoms with Gasteiger partial charge in [-0.2, -0.15) is 5.10 Å². The molecule has 1 heterocycles. The largest absolute Gasteiger partial charge is 0.319 e. The molecular weight excluding hydrogens is 364 g/mol. The van der Waals surface area contributed by atoms with Gasteiger partial charge in [0.25, 0.3) is 11.6 Å². The van der Waals surface area contributed by atoms with Crippen molar-refractivity contribution >= 4 is 44.8 Å². The number of anilines is 1. The summed E-state index contributed by atoms with van der Waals surface area (Å²) in [4.78, 5) is 22.5. The van der Waals surface area contributed by atoms with Crippen LogP contribution in [-0.2, 0) is 6.54 Å². The number of halogens is 2. The maximum atomic E-state index is 12.3. The van der Waals surface area contributed by atoms with Crippen molar-refractivity contribution in [2.24, 2.45) is 0 Å². The minimum Gasteiger partial charge on any atom is -0.319 e. The van der Waals surface area contributed by atoms with Gasteiger partial charge in [-0.25, -0.2) is 0 Å². The van der Waals surface area contributed by atoms with Crippen molar-refractivity contribution < 1.29 is 9.72 Å². The highest BCUT2D eigenvalue weighted by Gasteiger charge is 2.19. The third-order valence-corrected chi connectivity index (χ3v) is 3.63. The predicted octanol–water partition coefficient (Wildman–Crippen LogP) is 3.48. The number of nitro benzene ring substituents is 1. The van der Waals surface area contributed by atoms with Crippen molar-refractivity contribution in [3.05, 3.63) is 49.7 Å². The Labute approximate surface area is 133 Å². The van der Waals surface area contributed by atoms with E-state index >= 15 is 0 Å². The number of rotatable bonds is 4. The number of benzene rings is 1. The van der Waals surface area contributed by atoms with Crippen molar-refractivity contribution in [2.75, 3.05) is 5.32 Å². The van der Waals surface area contributed by atoms with Gasteiger partial charge in [-0.3, -0.25) is 19.6 Å². The first-order valence-corrected chi connectivity index (χ1v) is 7.07. The zero-order valence-electron chi connectivity index (χ0n) is 10.8. The fraction of sp³-hybridized carbons (Fsp3) is 0.167. The Kier molecular flexibility index (Phi) is 4.59. The highest BCUT2D eigenvalue weighted by Crippen LogP contribution is 2.27. The molecule has 0 spiro atoms. The standard InChI is InChI=1S/C12H10BrClN4O3/c1-2-17-11(8(13)6-15-17)12(19)16-10-5-7(18(20)21)3-4-9(10)14/h3-6H,2H2,1H3,(H,16,19). The summed E-state index contributed by atoms with van der Waals surface area (Å²) < 4.78 is 2.04. The minimum absolute atomic E-state index is 0.155. The summed E-state index contributed by atoms with van der Waals surface area (Å²) in [5.74, 6) is -0.455. The van der Waals surface area contributed by atoms with E-state index < -0.39 is 10.8 Å². The van der Waals surface area contributed by atoms with Gasteiger partial charge < -0.3 is 5.32 Å². The summed E-state index contributed by atoms with van der Waals surface area (Å²) >= 11 is 9.19. The molecule has 110 valence electrons. The van der Waals surface area contributed by atoms with E-state index in [0.717, 1.165) is 0 Å². The number of nitrogens with zero attached hydrogens (tertiary/aromatic N) is 3. The first kappa shape index (κ1) is 15.5. The van der Waals surface area contributed by atoms with E-state index in [1.54, 1.807) is 0 Å². The number of nitro groups is 1. The number of amides is 1. The Bertz CT molecular complexity index is 717. The molecule has 1 aromatic carbocycles. The molecule has 0 saturated heterocycles. The lowest BCUT2D eigenvalue weighted by atomic mass is 10.2. The molecule has 1 aromatic heterocycles. The maximum Gasteiger partial charge on any atom is 0.275 e. The third-order valence-electron chi connectivity index (χ3n) is 2.72. The van der Waals surface area contributed by atoms with Crippen LogP contribution >= 0.6 is 27.5 Å². The summed E-state index contributed by atoms with van der Waals surface area (Å²) in [7, 11) is 0. The molecule has 0 radical (unpaired) electrons. The zero-order chi connectivity index (χ0) is 15.6. The molecule has 2 aromatic rings. The van der Waals surface area contributed by atoms with Crippen molar-refractivity contribution in [3.63, 3.8) is 0 Å². The quantitative estimate of drug-likeness (QED) is 0.656. The summed E-state index contributed by atoms with van der Waals surface area (Å²) in [5.41, 5.74) is 0.337. The van der Waals surface area contributed by atoms with Gasteiger partial charge in [0, 0.05) is 18.7 Å². The van der Waals surface area contributed by atoms with Crippen LogP contribution in [0.1, 0.15) is 17.4 Å². The Hall–Kier alpha value is -1.93. The number of hydrogen-bond acceptors (Lipinski definition) is 4. The molecule has 1 amide bonds. The van der Waals surface area contributed by atoms with E-state index in [2.05, 4.69) is 26.3 Å². The van der Waals surface area contributed by atoms with Crippen LogP contribution in [0.4, 0.5) is 11.4 Å². The number of nitrogens with one attached hydrogen (secondary N) is 1.